The Morgan fingerprint density at radius 2 is 2.16 bits per heavy atom. The SMILES string of the molecule is COC(=O)c1cccnc1Oc1ccc(Br)cc1N. The normalized spacial score (nSPS) is 10.0. The molecule has 19 heavy (non-hydrogen) atoms. The summed E-state index contributed by atoms with van der Waals surface area (Å²) >= 11 is 3.31. The smallest absolute Gasteiger partial charge is 0.343 e. The highest BCUT2D eigenvalue weighted by Crippen LogP contribution is 2.30. The number of hydrogen-bond acceptors (Lipinski definition) is 5. The van der Waals surface area contributed by atoms with Gasteiger partial charge in [0.05, 0.1) is 12.8 Å². The number of carbonyl (C=O) groups is 1. The molecule has 0 saturated heterocycles. The highest BCUT2D eigenvalue weighted by atomic mass is 79.9. The Kier molecular flexibility index (Phi) is 4.01. The highest BCUT2D eigenvalue weighted by molar-refractivity contribution is 9.10. The Morgan fingerprint density at radius 1 is 1.37 bits per heavy atom. The maximum atomic E-state index is 11.6. The van der Waals surface area contributed by atoms with Gasteiger partial charge in [-0.2, -0.15) is 0 Å². The van der Waals surface area contributed by atoms with E-state index >= 15 is 0 Å². The van der Waals surface area contributed by atoms with Crippen molar-refractivity contribution in [2.75, 3.05) is 12.8 Å². The molecule has 0 aliphatic rings. The minimum absolute atomic E-state index is 0.156. The van der Waals surface area contributed by atoms with Gasteiger partial charge >= 0.3 is 5.97 Å². The van der Waals surface area contributed by atoms with Gasteiger partial charge in [-0.1, -0.05) is 15.9 Å². The van der Waals surface area contributed by atoms with E-state index in [0.29, 0.717) is 11.4 Å². The van der Waals surface area contributed by atoms with Crippen molar-refractivity contribution in [1.82, 2.24) is 4.98 Å². The lowest BCUT2D eigenvalue weighted by atomic mass is 10.2. The molecule has 0 aliphatic carbocycles. The highest BCUT2D eigenvalue weighted by Gasteiger charge is 2.15. The maximum absolute atomic E-state index is 11.6. The largest absolute Gasteiger partial charge is 0.465 e. The Bertz CT molecular complexity index is 617. The van der Waals surface area contributed by atoms with Gasteiger partial charge in [0.1, 0.15) is 5.56 Å². The van der Waals surface area contributed by atoms with E-state index in [4.69, 9.17) is 10.5 Å². The molecule has 0 unspecified atom stereocenters. The molecule has 2 rings (SSSR count). The molecule has 0 fully saturated rings. The fourth-order valence-corrected chi connectivity index (χ4v) is 1.83. The zero-order valence-electron chi connectivity index (χ0n) is 10.1. The molecule has 2 aromatic rings. The molecule has 0 amide bonds. The van der Waals surface area contributed by atoms with Crippen LogP contribution in [0, 0.1) is 0 Å². The van der Waals surface area contributed by atoms with Crippen LogP contribution in [-0.2, 0) is 4.74 Å². The van der Waals surface area contributed by atoms with Crippen molar-refractivity contribution in [3.8, 4) is 11.6 Å². The van der Waals surface area contributed by atoms with Crippen LogP contribution in [0.25, 0.3) is 0 Å². The zero-order valence-corrected chi connectivity index (χ0v) is 11.7. The number of rotatable bonds is 3. The number of anilines is 1. The molecule has 6 heteroatoms. The first kappa shape index (κ1) is 13.4. The summed E-state index contributed by atoms with van der Waals surface area (Å²) in [4.78, 5) is 15.6. The molecule has 2 N–H and O–H groups in total. The van der Waals surface area contributed by atoms with Crippen LogP contribution in [-0.4, -0.2) is 18.1 Å². The molecule has 5 nitrogen and oxygen atoms in total. The zero-order chi connectivity index (χ0) is 13.8. The molecule has 98 valence electrons. The van der Waals surface area contributed by atoms with Gasteiger partial charge in [0.15, 0.2) is 5.75 Å². The first-order valence-corrected chi connectivity index (χ1v) is 6.17. The lowest BCUT2D eigenvalue weighted by molar-refractivity contribution is 0.0597. The Balaban J connectivity index is 2.35. The van der Waals surface area contributed by atoms with Crippen molar-refractivity contribution < 1.29 is 14.3 Å². The summed E-state index contributed by atoms with van der Waals surface area (Å²) < 4.78 is 11.1. The summed E-state index contributed by atoms with van der Waals surface area (Å²) in [6, 6.07) is 8.38. The van der Waals surface area contributed by atoms with Crippen LogP contribution in [0.1, 0.15) is 10.4 Å². The van der Waals surface area contributed by atoms with Gasteiger partial charge in [0.2, 0.25) is 5.88 Å². The third-order valence-corrected chi connectivity index (χ3v) is 2.85. The van der Waals surface area contributed by atoms with Gasteiger partial charge in [0.25, 0.3) is 0 Å². The maximum Gasteiger partial charge on any atom is 0.343 e. The van der Waals surface area contributed by atoms with Crippen molar-refractivity contribution in [2.24, 2.45) is 0 Å². The van der Waals surface area contributed by atoms with E-state index in [1.165, 1.54) is 13.3 Å². The van der Waals surface area contributed by atoms with Crippen molar-refractivity contribution >= 4 is 27.6 Å². The lowest BCUT2D eigenvalue weighted by Gasteiger charge is -2.10. The van der Waals surface area contributed by atoms with Crippen LogP contribution in [0.15, 0.2) is 41.0 Å². The third kappa shape index (κ3) is 3.03. The van der Waals surface area contributed by atoms with E-state index in [1.807, 2.05) is 0 Å². The number of nitrogens with zero attached hydrogens (tertiary/aromatic N) is 1. The fraction of sp³-hybridized carbons (Fsp3) is 0.0769. The van der Waals surface area contributed by atoms with Gasteiger partial charge < -0.3 is 15.2 Å². The first-order chi connectivity index (χ1) is 9.11. The third-order valence-electron chi connectivity index (χ3n) is 2.35. The van der Waals surface area contributed by atoms with E-state index < -0.39 is 5.97 Å². The van der Waals surface area contributed by atoms with Gasteiger partial charge in [-0.05, 0) is 30.3 Å². The van der Waals surface area contributed by atoms with E-state index in [0.717, 1.165) is 4.47 Å². The molecule has 1 aromatic carbocycles. The van der Waals surface area contributed by atoms with E-state index in [-0.39, 0.29) is 11.4 Å². The average Bonchev–Trinajstić information content (AvgIpc) is 2.41. The van der Waals surface area contributed by atoms with Crippen LogP contribution < -0.4 is 10.5 Å². The molecule has 1 heterocycles. The molecule has 1 aromatic heterocycles. The number of esters is 1. The molecule has 0 bridgehead atoms. The van der Waals surface area contributed by atoms with E-state index in [2.05, 4.69) is 25.7 Å². The van der Waals surface area contributed by atoms with Crippen molar-refractivity contribution in [2.45, 2.75) is 0 Å². The number of pyridine rings is 1. The quantitative estimate of drug-likeness (QED) is 0.694. The predicted molar refractivity (Wildman–Crippen MR) is 74.2 cm³/mol. The van der Waals surface area contributed by atoms with Crippen LogP contribution >= 0.6 is 15.9 Å². The number of benzene rings is 1. The average molecular weight is 323 g/mol. The topological polar surface area (TPSA) is 74.4 Å². The molecular formula is C13H11BrN2O3. The van der Waals surface area contributed by atoms with Gasteiger partial charge in [-0.3, -0.25) is 0 Å². The number of carbonyl (C=O) groups excluding carboxylic acids is 1. The van der Waals surface area contributed by atoms with Crippen molar-refractivity contribution in [3.63, 3.8) is 0 Å². The summed E-state index contributed by atoms with van der Waals surface area (Å²) in [5.41, 5.74) is 6.51. The molecular weight excluding hydrogens is 312 g/mol. The lowest BCUT2D eigenvalue weighted by Crippen LogP contribution is -2.05. The van der Waals surface area contributed by atoms with Crippen molar-refractivity contribution in [3.05, 3.63) is 46.6 Å². The molecule has 0 atom stereocenters. The van der Waals surface area contributed by atoms with Crippen LogP contribution in [0.4, 0.5) is 5.69 Å². The van der Waals surface area contributed by atoms with Crippen LogP contribution in [0.5, 0.6) is 11.6 Å². The standard InChI is InChI=1S/C13H11BrN2O3/c1-18-13(17)9-3-2-6-16-12(9)19-11-5-4-8(14)7-10(11)15/h2-7H,15H2,1H3. The second-order valence-electron chi connectivity index (χ2n) is 3.63. The monoisotopic (exact) mass is 322 g/mol. The number of nitrogen functional groups attached to an aromatic ring is 1. The summed E-state index contributed by atoms with van der Waals surface area (Å²) in [5.74, 6) is 0.0641. The van der Waals surface area contributed by atoms with Crippen LogP contribution in [0.2, 0.25) is 0 Å². The summed E-state index contributed by atoms with van der Waals surface area (Å²) in [5, 5.41) is 0. The summed E-state index contributed by atoms with van der Waals surface area (Å²) in [7, 11) is 1.30. The minimum atomic E-state index is -0.515. The van der Waals surface area contributed by atoms with Crippen molar-refractivity contribution in [1.29, 1.82) is 0 Å². The number of nitrogens with two attached hydrogens (primary N) is 1. The number of methoxy groups -OCH3 is 1. The Hall–Kier alpha value is -2.08. The molecule has 0 spiro atoms. The Morgan fingerprint density at radius 3 is 2.84 bits per heavy atom. The molecule has 0 aliphatic heterocycles. The Labute approximate surface area is 118 Å². The van der Waals surface area contributed by atoms with Crippen LogP contribution in [0.3, 0.4) is 0 Å². The summed E-state index contributed by atoms with van der Waals surface area (Å²) in [6.45, 7) is 0. The summed E-state index contributed by atoms with van der Waals surface area (Å²) in [6.07, 6.45) is 1.52. The second-order valence-corrected chi connectivity index (χ2v) is 4.55. The first-order valence-electron chi connectivity index (χ1n) is 5.38. The van der Waals surface area contributed by atoms with E-state index in [9.17, 15) is 4.79 Å². The van der Waals surface area contributed by atoms with Gasteiger partial charge in [-0.15, -0.1) is 0 Å². The minimum Gasteiger partial charge on any atom is -0.465 e. The van der Waals surface area contributed by atoms with Gasteiger partial charge in [0, 0.05) is 10.7 Å². The number of halogens is 1. The number of hydrogen-bond donors (Lipinski definition) is 1. The van der Waals surface area contributed by atoms with E-state index in [1.54, 1.807) is 30.3 Å². The van der Waals surface area contributed by atoms with Gasteiger partial charge in [-0.25, -0.2) is 9.78 Å². The molecule has 0 saturated carbocycles. The second kappa shape index (κ2) is 5.71. The number of aromatic nitrogens is 1. The number of ether oxygens (including phenoxy) is 2. The fourth-order valence-electron chi connectivity index (χ4n) is 1.45. The predicted octanol–water partition coefficient (Wildman–Crippen LogP) is 3.01. The molecule has 0 radical (unpaired) electrons.